The van der Waals surface area contributed by atoms with E-state index in [1.165, 1.54) is 27.4 Å². The van der Waals surface area contributed by atoms with Gasteiger partial charge in [0.1, 0.15) is 24.0 Å². The number of cyclic esters (lactones) is 1. The minimum absolute atomic E-state index is 0.0261. The first-order valence-electron chi connectivity index (χ1n) is 21.7. The van der Waals surface area contributed by atoms with E-state index in [9.17, 15) is 49.5 Å². The number of esters is 1. The zero-order valence-corrected chi connectivity index (χ0v) is 36.8. The lowest BCUT2D eigenvalue weighted by Gasteiger charge is -2.47. The van der Waals surface area contributed by atoms with Crippen molar-refractivity contribution in [1.29, 1.82) is 0 Å². The fraction of sp³-hybridized carbons (Fsp3) is 0.756. The molecule has 0 spiro atoms. The second-order valence-electron chi connectivity index (χ2n) is 17.6. The van der Waals surface area contributed by atoms with Gasteiger partial charge in [-0.25, -0.2) is 9.59 Å². The standard InChI is InChI=1S/C45H69NO15/c1-25-17-30(11-10-13-39(51)52)36(50)23-35(49)28(4)40(26(2)19-29-14-15-34(48)31(21-29)24-47)60-44(55)33-12-8-9-16-46(33)43(54)42(53)45(56)27(3)20-37(58-6)41(61-45)38(59-7)22-32(18-25)57-5/h10,13,17,19,27-35,37-38,40-41,47-49,56H,8-9,11-12,14-16,18,20-24H2,1-7H3,(H,51,52)/b13-10+,25-17+,26-19+/t27-,28-,29+,30-,31+,32+,33+,34-,35+,37+,38+,40-,41+,45-/m1/s1. The van der Waals surface area contributed by atoms with Gasteiger partial charge < -0.3 is 54.1 Å². The van der Waals surface area contributed by atoms with E-state index in [4.69, 9.17) is 23.7 Å². The molecule has 16 nitrogen and oxygen atoms in total. The summed E-state index contributed by atoms with van der Waals surface area (Å²) in [7, 11) is 4.42. The number of carboxylic acid groups (broad SMARTS) is 1. The van der Waals surface area contributed by atoms with E-state index in [1.54, 1.807) is 33.8 Å². The molecule has 5 N–H and O–H groups in total. The molecule has 2 saturated heterocycles. The summed E-state index contributed by atoms with van der Waals surface area (Å²) < 4.78 is 29.9. The Hall–Kier alpha value is -3.35. The zero-order chi connectivity index (χ0) is 45.2. The van der Waals surface area contributed by atoms with E-state index in [2.05, 4.69) is 0 Å². The quantitative estimate of drug-likeness (QED) is 0.0970. The van der Waals surface area contributed by atoms with Crippen LogP contribution in [-0.4, -0.2) is 149 Å². The number of ketones is 2. The third-order valence-corrected chi connectivity index (χ3v) is 13.3. The molecule has 2 bridgehead atoms. The highest BCUT2D eigenvalue weighted by atomic mass is 16.7. The number of aliphatic carboxylic acids is 1. The first-order valence-corrected chi connectivity index (χ1v) is 21.7. The predicted molar refractivity (Wildman–Crippen MR) is 221 cm³/mol. The van der Waals surface area contributed by atoms with Crippen molar-refractivity contribution in [1.82, 2.24) is 4.90 Å². The first-order chi connectivity index (χ1) is 28.9. The van der Waals surface area contributed by atoms with Crippen LogP contribution in [0.5, 0.6) is 0 Å². The maximum Gasteiger partial charge on any atom is 0.329 e. The molecule has 0 aromatic rings. The number of Topliss-reactive ketones (excluding diaryl/α,β-unsaturated/α-hetero) is 2. The Labute approximate surface area is 359 Å². The predicted octanol–water partition coefficient (Wildman–Crippen LogP) is 3.07. The van der Waals surface area contributed by atoms with Crippen molar-refractivity contribution < 1.29 is 73.2 Å². The molecule has 0 aromatic carbocycles. The summed E-state index contributed by atoms with van der Waals surface area (Å²) in [5.41, 5.74) is 1.28. The third kappa shape index (κ3) is 12.6. The van der Waals surface area contributed by atoms with Gasteiger partial charge in [0.25, 0.3) is 11.7 Å². The minimum Gasteiger partial charge on any atom is -0.478 e. The Morgan fingerprint density at radius 2 is 1.64 bits per heavy atom. The number of piperidine rings is 1. The van der Waals surface area contributed by atoms with Crippen LogP contribution in [0.25, 0.3) is 0 Å². The average molecular weight is 864 g/mol. The van der Waals surface area contributed by atoms with Gasteiger partial charge in [-0.3, -0.25) is 14.4 Å². The number of aliphatic hydroxyl groups is 4. The molecule has 3 heterocycles. The highest BCUT2D eigenvalue weighted by molar-refractivity contribution is 6.39. The van der Waals surface area contributed by atoms with Crippen LogP contribution in [-0.2, 0) is 47.7 Å². The molecule has 1 saturated carbocycles. The average Bonchev–Trinajstić information content (AvgIpc) is 3.23. The molecule has 0 radical (unpaired) electrons. The number of aliphatic hydroxyl groups excluding tert-OH is 3. The molecule has 16 heteroatoms. The van der Waals surface area contributed by atoms with Crippen molar-refractivity contribution in [3.8, 4) is 0 Å². The molecule has 61 heavy (non-hydrogen) atoms. The summed E-state index contributed by atoms with van der Waals surface area (Å²) in [5, 5.41) is 53.4. The van der Waals surface area contributed by atoms with Crippen molar-refractivity contribution in [3.05, 3.63) is 35.5 Å². The number of ether oxygens (including phenoxy) is 5. The summed E-state index contributed by atoms with van der Waals surface area (Å²) >= 11 is 0. The smallest absolute Gasteiger partial charge is 0.329 e. The number of rotatable bonds is 9. The van der Waals surface area contributed by atoms with Crippen LogP contribution in [0.3, 0.4) is 0 Å². The van der Waals surface area contributed by atoms with Gasteiger partial charge >= 0.3 is 11.9 Å². The molecule has 344 valence electrons. The number of hydrogen-bond donors (Lipinski definition) is 5. The van der Waals surface area contributed by atoms with E-state index >= 15 is 0 Å². The van der Waals surface area contributed by atoms with Crippen molar-refractivity contribution in [3.63, 3.8) is 0 Å². The molecule has 1 aliphatic carbocycles. The molecular weight excluding hydrogens is 794 g/mol. The number of carboxylic acids is 1. The normalized spacial score (nSPS) is 39.2. The molecule has 14 atom stereocenters. The van der Waals surface area contributed by atoms with E-state index < -0.39 is 95.9 Å². The van der Waals surface area contributed by atoms with Crippen molar-refractivity contribution in [2.75, 3.05) is 34.5 Å². The first kappa shape index (κ1) is 50.3. The van der Waals surface area contributed by atoms with Crippen LogP contribution >= 0.6 is 0 Å². The van der Waals surface area contributed by atoms with Gasteiger partial charge in [0, 0.05) is 77.1 Å². The van der Waals surface area contributed by atoms with Gasteiger partial charge in [-0.15, -0.1) is 0 Å². The summed E-state index contributed by atoms with van der Waals surface area (Å²) in [6, 6.07) is -1.22. The van der Waals surface area contributed by atoms with Gasteiger partial charge in [-0.1, -0.05) is 37.6 Å². The van der Waals surface area contributed by atoms with Gasteiger partial charge in [0.15, 0.2) is 0 Å². The topological polar surface area (TPSA) is 236 Å². The molecule has 3 fully saturated rings. The van der Waals surface area contributed by atoms with Gasteiger partial charge in [-0.2, -0.15) is 0 Å². The maximum absolute atomic E-state index is 14.4. The summed E-state index contributed by atoms with van der Waals surface area (Å²) in [5.74, 6) is -10.4. The van der Waals surface area contributed by atoms with Crippen molar-refractivity contribution in [2.24, 2.45) is 29.6 Å². The molecule has 0 unspecified atom stereocenters. The highest BCUT2D eigenvalue weighted by Crippen LogP contribution is 2.39. The summed E-state index contributed by atoms with van der Waals surface area (Å²) in [6.07, 6.45) is 2.74. The SMILES string of the molecule is CO[C@H]1C/C(C)=C/[C@@H](C/C=C/C(=O)O)C(=O)C[C@H](O)[C@@H](C)[C@@H](/C(C)=C/[C@@H]2CC[C@@H](O)[C@H](CO)C2)OC(=O)[C@@H]2CCCCN2C(=O)C(=O)[C@]2(O)O[C@H]([C@@H](OC)C1)[C@@H](OC)C[C@H]2C. The molecule has 4 aliphatic rings. The van der Waals surface area contributed by atoms with E-state index in [0.29, 0.717) is 37.7 Å². The van der Waals surface area contributed by atoms with Gasteiger partial charge in [0.2, 0.25) is 5.79 Å². The zero-order valence-electron chi connectivity index (χ0n) is 36.8. The van der Waals surface area contributed by atoms with Crippen LogP contribution in [0.1, 0.15) is 98.3 Å². The number of fused-ring (bicyclic) bond motifs is 3. The van der Waals surface area contributed by atoms with Crippen LogP contribution < -0.4 is 0 Å². The van der Waals surface area contributed by atoms with Crippen molar-refractivity contribution in [2.45, 2.75) is 153 Å². The lowest BCUT2D eigenvalue weighted by molar-refractivity contribution is -0.303. The number of carbonyl (C=O) groups excluding carboxylic acids is 4. The monoisotopic (exact) mass is 863 g/mol. The summed E-state index contributed by atoms with van der Waals surface area (Å²) in [4.78, 5) is 69.5. The van der Waals surface area contributed by atoms with Crippen LogP contribution in [0, 0.1) is 29.6 Å². The van der Waals surface area contributed by atoms with E-state index in [0.717, 1.165) is 16.5 Å². The fourth-order valence-corrected chi connectivity index (χ4v) is 9.50. The second kappa shape index (κ2) is 22.8. The maximum atomic E-state index is 14.4. The summed E-state index contributed by atoms with van der Waals surface area (Å²) in [6.45, 7) is 6.59. The van der Waals surface area contributed by atoms with Crippen LogP contribution in [0.15, 0.2) is 35.5 Å². The minimum atomic E-state index is -2.60. The van der Waals surface area contributed by atoms with E-state index in [-0.39, 0.29) is 69.3 Å². The number of amides is 1. The molecule has 0 aromatic heterocycles. The number of allylic oxidation sites excluding steroid dienone is 3. The Balaban J connectivity index is 1.82. The molecule has 4 rings (SSSR count). The second-order valence-corrected chi connectivity index (χ2v) is 17.6. The van der Waals surface area contributed by atoms with Crippen LogP contribution in [0.4, 0.5) is 0 Å². The van der Waals surface area contributed by atoms with Crippen LogP contribution in [0.2, 0.25) is 0 Å². The number of methoxy groups -OCH3 is 3. The lowest BCUT2D eigenvalue weighted by atomic mass is 9.78. The Bertz CT molecular complexity index is 1630. The lowest BCUT2D eigenvalue weighted by Crippen LogP contribution is -2.64. The number of carbonyl (C=O) groups is 5. The molecule has 1 amide bonds. The molecule has 3 aliphatic heterocycles. The Kier molecular flexibility index (Phi) is 18.8. The van der Waals surface area contributed by atoms with Crippen molar-refractivity contribution >= 4 is 29.4 Å². The van der Waals surface area contributed by atoms with Gasteiger partial charge in [0.05, 0.1) is 30.5 Å². The number of nitrogens with zero attached hydrogens (tertiary/aromatic N) is 1. The van der Waals surface area contributed by atoms with Gasteiger partial charge in [-0.05, 0) is 83.1 Å². The highest BCUT2D eigenvalue weighted by Gasteiger charge is 2.56. The fourth-order valence-electron chi connectivity index (χ4n) is 9.50. The Morgan fingerprint density at radius 1 is 0.951 bits per heavy atom. The number of hydrogen-bond acceptors (Lipinski definition) is 14. The van der Waals surface area contributed by atoms with E-state index in [1.807, 2.05) is 6.08 Å². The Morgan fingerprint density at radius 3 is 2.28 bits per heavy atom. The third-order valence-electron chi connectivity index (χ3n) is 13.3. The molecular formula is C45H69NO15. The largest absolute Gasteiger partial charge is 0.478 e.